The van der Waals surface area contributed by atoms with Crippen LogP contribution in [0.15, 0.2) is 16.6 Å². The third-order valence-corrected chi connectivity index (χ3v) is 4.06. The first-order chi connectivity index (χ1) is 8.61. The molecule has 1 N–H and O–H groups in total. The fraction of sp³-hybridized carbons (Fsp3) is 0.538. The molecular formula is C13H17BrClFN2. The summed E-state index contributed by atoms with van der Waals surface area (Å²) in [7, 11) is 0. The minimum Gasteiger partial charge on any atom is -0.368 e. The lowest BCUT2D eigenvalue weighted by Crippen LogP contribution is -2.33. The van der Waals surface area contributed by atoms with Crippen LogP contribution in [0.5, 0.6) is 0 Å². The van der Waals surface area contributed by atoms with Crippen LogP contribution in [0.1, 0.15) is 19.8 Å². The van der Waals surface area contributed by atoms with Gasteiger partial charge in [-0.25, -0.2) is 4.39 Å². The number of hydrogen-bond donors (Lipinski definition) is 1. The molecule has 5 heteroatoms. The molecule has 1 fully saturated rings. The molecule has 0 amide bonds. The van der Waals surface area contributed by atoms with Crippen molar-refractivity contribution in [3.63, 3.8) is 0 Å². The van der Waals surface area contributed by atoms with Crippen LogP contribution in [0.25, 0.3) is 0 Å². The lowest BCUT2D eigenvalue weighted by atomic mass is 10.2. The second-order valence-electron chi connectivity index (χ2n) is 4.60. The Morgan fingerprint density at radius 1 is 1.56 bits per heavy atom. The van der Waals surface area contributed by atoms with E-state index in [2.05, 4.69) is 33.1 Å². The van der Waals surface area contributed by atoms with E-state index in [4.69, 9.17) is 11.6 Å². The topological polar surface area (TPSA) is 15.3 Å². The molecular weight excluding hydrogens is 319 g/mol. The van der Waals surface area contributed by atoms with Crippen LogP contribution in [-0.2, 0) is 0 Å². The van der Waals surface area contributed by atoms with Gasteiger partial charge >= 0.3 is 0 Å². The van der Waals surface area contributed by atoms with Crippen LogP contribution < -0.4 is 10.2 Å². The van der Waals surface area contributed by atoms with Crippen molar-refractivity contribution in [1.29, 1.82) is 0 Å². The summed E-state index contributed by atoms with van der Waals surface area (Å²) in [5.41, 5.74) is 0.902. The first kappa shape index (κ1) is 14.1. The molecule has 1 aromatic rings. The average Bonchev–Trinajstić information content (AvgIpc) is 2.73. The zero-order valence-corrected chi connectivity index (χ0v) is 12.7. The van der Waals surface area contributed by atoms with Gasteiger partial charge in [-0.2, -0.15) is 0 Å². The summed E-state index contributed by atoms with van der Waals surface area (Å²) in [6, 6.07) is 3.33. The van der Waals surface area contributed by atoms with Crippen molar-refractivity contribution in [3.05, 3.63) is 27.4 Å². The standard InChI is InChI=1S/C13H17BrClFN2/c1-2-4-17-10-3-5-18(8-10)13-11(14)6-9(16)7-12(13)15/h6-7,10,17H,2-5,8H2,1H3. The third kappa shape index (κ3) is 3.16. The van der Waals surface area contributed by atoms with E-state index in [1.165, 1.54) is 12.1 Å². The Hall–Kier alpha value is -0.320. The molecule has 1 unspecified atom stereocenters. The Balaban J connectivity index is 2.09. The maximum absolute atomic E-state index is 13.2. The Morgan fingerprint density at radius 3 is 3.00 bits per heavy atom. The minimum atomic E-state index is -0.310. The summed E-state index contributed by atoms with van der Waals surface area (Å²) in [6.45, 7) is 5.07. The van der Waals surface area contributed by atoms with Crippen LogP contribution in [0.3, 0.4) is 0 Å². The lowest BCUT2D eigenvalue weighted by Gasteiger charge is -2.22. The molecule has 18 heavy (non-hydrogen) atoms. The minimum absolute atomic E-state index is 0.310. The molecule has 1 aromatic carbocycles. The molecule has 1 aliphatic rings. The van der Waals surface area contributed by atoms with Gasteiger partial charge < -0.3 is 10.2 Å². The van der Waals surface area contributed by atoms with E-state index in [1.807, 2.05) is 0 Å². The van der Waals surface area contributed by atoms with Crippen molar-refractivity contribution in [2.45, 2.75) is 25.8 Å². The van der Waals surface area contributed by atoms with E-state index in [1.54, 1.807) is 0 Å². The van der Waals surface area contributed by atoms with Gasteiger partial charge in [0.1, 0.15) is 5.82 Å². The molecule has 100 valence electrons. The summed E-state index contributed by atoms with van der Waals surface area (Å²) in [5.74, 6) is -0.310. The van der Waals surface area contributed by atoms with Crippen LogP contribution in [0.2, 0.25) is 5.02 Å². The first-order valence-electron chi connectivity index (χ1n) is 6.24. The van der Waals surface area contributed by atoms with Gasteiger partial charge in [0.05, 0.1) is 10.7 Å². The van der Waals surface area contributed by atoms with Gasteiger partial charge in [-0.3, -0.25) is 0 Å². The number of rotatable bonds is 4. The number of anilines is 1. The van der Waals surface area contributed by atoms with E-state index >= 15 is 0 Å². The van der Waals surface area contributed by atoms with Gasteiger partial charge in [-0.1, -0.05) is 18.5 Å². The van der Waals surface area contributed by atoms with Crippen LogP contribution in [-0.4, -0.2) is 25.7 Å². The fourth-order valence-corrected chi connectivity index (χ4v) is 3.44. The Kier molecular flexibility index (Phi) is 4.87. The van der Waals surface area contributed by atoms with E-state index in [0.29, 0.717) is 11.1 Å². The molecule has 0 aromatic heterocycles. The molecule has 1 heterocycles. The van der Waals surface area contributed by atoms with Crippen molar-refractivity contribution >= 4 is 33.2 Å². The molecule has 1 saturated heterocycles. The molecule has 0 radical (unpaired) electrons. The highest BCUT2D eigenvalue weighted by Crippen LogP contribution is 2.36. The fourth-order valence-electron chi connectivity index (χ4n) is 2.32. The normalized spacial score (nSPS) is 19.6. The Bertz CT molecular complexity index is 404. The molecule has 0 saturated carbocycles. The van der Waals surface area contributed by atoms with Crippen molar-refractivity contribution in [1.82, 2.24) is 5.32 Å². The molecule has 0 aliphatic carbocycles. The number of nitrogens with zero attached hydrogens (tertiary/aromatic N) is 1. The van der Waals surface area contributed by atoms with Crippen molar-refractivity contribution in [3.8, 4) is 0 Å². The van der Waals surface area contributed by atoms with Crippen molar-refractivity contribution in [2.75, 3.05) is 24.5 Å². The van der Waals surface area contributed by atoms with Gasteiger partial charge in [0.2, 0.25) is 0 Å². The van der Waals surface area contributed by atoms with Crippen LogP contribution in [0.4, 0.5) is 10.1 Å². The summed E-state index contributed by atoms with van der Waals surface area (Å²) < 4.78 is 13.9. The number of halogens is 3. The highest BCUT2D eigenvalue weighted by Gasteiger charge is 2.25. The largest absolute Gasteiger partial charge is 0.368 e. The predicted molar refractivity (Wildman–Crippen MR) is 78.0 cm³/mol. The van der Waals surface area contributed by atoms with Gasteiger partial charge in [0.25, 0.3) is 0 Å². The third-order valence-electron chi connectivity index (χ3n) is 3.17. The molecule has 0 spiro atoms. The molecule has 1 aliphatic heterocycles. The average molecular weight is 336 g/mol. The quantitative estimate of drug-likeness (QED) is 0.900. The van der Waals surface area contributed by atoms with E-state index in [-0.39, 0.29) is 5.82 Å². The van der Waals surface area contributed by atoms with Crippen molar-refractivity contribution < 1.29 is 4.39 Å². The van der Waals surface area contributed by atoms with Crippen LogP contribution >= 0.6 is 27.5 Å². The molecule has 0 bridgehead atoms. The summed E-state index contributed by atoms with van der Waals surface area (Å²) in [6.07, 6.45) is 2.23. The highest BCUT2D eigenvalue weighted by atomic mass is 79.9. The number of nitrogens with one attached hydrogen (secondary N) is 1. The highest BCUT2D eigenvalue weighted by molar-refractivity contribution is 9.10. The van der Waals surface area contributed by atoms with E-state index in [9.17, 15) is 4.39 Å². The monoisotopic (exact) mass is 334 g/mol. The molecule has 2 nitrogen and oxygen atoms in total. The second-order valence-corrected chi connectivity index (χ2v) is 5.87. The maximum Gasteiger partial charge on any atom is 0.125 e. The van der Waals surface area contributed by atoms with E-state index in [0.717, 1.165) is 42.6 Å². The number of benzene rings is 1. The van der Waals surface area contributed by atoms with Gasteiger partial charge in [-0.15, -0.1) is 0 Å². The summed E-state index contributed by atoms with van der Waals surface area (Å²) in [5, 5.41) is 3.98. The van der Waals surface area contributed by atoms with Gasteiger partial charge in [0.15, 0.2) is 0 Å². The zero-order chi connectivity index (χ0) is 13.1. The van der Waals surface area contributed by atoms with Gasteiger partial charge in [-0.05, 0) is 47.4 Å². The van der Waals surface area contributed by atoms with Gasteiger partial charge in [0, 0.05) is 23.6 Å². The summed E-state index contributed by atoms with van der Waals surface area (Å²) in [4.78, 5) is 2.21. The number of hydrogen-bond acceptors (Lipinski definition) is 2. The molecule has 2 rings (SSSR count). The maximum atomic E-state index is 13.2. The SMILES string of the molecule is CCCNC1CCN(c2c(Cl)cc(F)cc2Br)C1. The molecule has 1 atom stereocenters. The Labute approximate surface area is 121 Å². The van der Waals surface area contributed by atoms with Crippen molar-refractivity contribution in [2.24, 2.45) is 0 Å². The summed E-state index contributed by atoms with van der Waals surface area (Å²) >= 11 is 9.53. The second kappa shape index (κ2) is 6.22. The van der Waals surface area contributed by atoms with Crippen LogP contribution in [0, 0.1) is 5.82 Å². The zero-order valence-electron chi connectivity index (χ0n) is 10.3. The predicted octanol–water partition coefficient (Wildman–Crippen LogP) is 3.82. The Morgan fingerprint density at radius 2 is 2.33 bits per heavy atom. The van der Waals surface area contributed by atoms with E-state index < -0.39 is 0 Å². The smallest absolute Gasteiger partial charge is 0.125 e. The lowest BCUT2D eigenvalue weighted by molar-refractivity contribution is 0.549. The first-order valence-corrected chi connectivity index (χ1v) is 7.41.